The topological polar surface area (TPSA) is 58.6 Å². The highest BCUT2D eigenvalue weighted by Gasteiger charge is 2.32. The number of esters is 1. The normalized spacial score (nSPS) is 13.5. The largest absolute Gasteiger partial charge is 0.469 e. The number of hydrogen-bond acceptors (Lipinski definition) is 3. The first kappa shape index (κ1) is 17.3. The van der Waals surface area contributed by atoms with Crippen LogP contribution in [0.4, 0.5) is 4.79 Å². The minimum Gasteiger partial charge on any atom is -0.469 e. The van der Waals surface area contributed by atoms with Crippen molar-refractivity contribution in [2.75, 3.05) is 13.7 Å². The van der Waals surface area contributed by atoms with E-state index in [-0.39, 0.29) is 12.0 Å². The number of carbonyl (C=O) groups is 2. The van der Waals surface area contributed by atoms with E-state index in [0.717, 1.165) is 31.2 Å². The van der Waals surface area contributed by atoms with Crippen molar-refractivity contribution in [2.45, 2.75) is 51.6 Å². The molecule has 0 bridgehead atoms. The molecule has 0 aromatic heterocycles. The second kappa shape index (κ2) is 8.56. The van der Waals surface area contributed by atoms with Crippen LogP contribution in [0.1, 0.15) is 43.2 Å². The van der Waals surface area contributed by atoms with Gasteiger partial charge in [0, 0.05) is 25.6 Å². The van der Waals surface area contributed by atoms with E-state index in [1.54, 1.807) is 0 Å². The highest BCUT2D eigenvalue weighted by atomic mass is 16.5. The molecule has 2 amide bonds. The van der Waals surface area contributed by atoms with Crippen molar-refractivity contribution in [1.29, 1.82) is 0 Å². The van der Waals surface area contributed by atoms with E-state index in [1.165, 1.54) is 12.7 Å². The molecule has 1 saturated carbocycles. The number of carbonyl (C=O) groups excluding carboxylic acids is 2. The second-order valence-electron chi connectivity index (χ2n) is 6.11. The van der Waals surface area contributed by atoms with Gasteiger partial charge in [-0.3, -0.25) is 4.79 Å². The minimum absolute atomic E-state index is 0.00734. The molecule has 0 radical (unpaired) electrons. The van der Waals surface area contributed by atoms with E-state index in [4.69, 9.17) is 0 Å². The van der Waals surface area contributed by atoms with Crippen LogP contribution in [0.15, 0.2) is 24.3 Å². The molecule has 0 aliphatic heterocycles. The summed E-state index contributed by atoms with van der Waals surface area (Å²) in [6.07, 6.45) is 4.09. The van der Waals surface area contributed by atoms with Crippen LogP contribution in [0.25, 0.3) is 0 Å². The Morgan fingerprint density at radius 1 is 1.30 bits per heavy atom. The van der Waals surface area contributed by atoms with Crippen LogP contribution in [0.2, 0.25) is 0 Å². The van der Waals surface area contributed by atoms with Gasteiger partial charge in [-0.25, -0.2) is 4.79 Å². The van der Waals surface area contributed by atoms with Gasteiger partial charge in [0.2, 0.25) is 0 Å². The first-order chi connectivity index (χ1) is 11.1. The zero-order valence-electron chi connectivity index (χ0n) is 14.0. The molecule has 0 unspecified atom stereocenters. The summed E-state index contributed by atoms with van der Waals surface area (Å²) >= 11 is 0. The standard InChI is InChI=1S/C18H26N2O3/c1-14-6-5-7-15(12-14)13-20(16-9-10-16)18(22)19-11-4-3-8-17(21)23-2/h5-7,12,16H,3-4,8-11,13H2,1-2H3,(H,19,22). The molecule has 1 aromatic carbocycles. The fourth-order valence-electron chi connectivity index (χ4n) is 2.55. The summed E-state index contributed by atoms with van der Waals surface area (Å²) in [5, 5.41) is 2.97. The molecule has 2 rings (SSSR count). The maximum absolute atomic E-state index is 12.4. The number of urea groups is 1. The van der Waals surface area contributed by atoms with Crippen molar-refractivity contribution >= 4 is 12.0 Å². The van der Waals surface area contributed by atoms with Gasteiger partial charge in [-0.05, 0) is 38.2 Å². The van der Waals surface area contributed by atoms with Crippen molar-refractivity contribution in [3.05, 3.63) is 35.4 Å². The van der Waals surface area contributed by atoms with E-state index in [2.05, 4.69) is 35.2 Å². The fraction of sp³-hybridized carbons (Fsp3) is 0.556. The molecule has 0 saturated heterocycles. The number of nitrogens with one attached hydrogen (secondary N) is 1. The molecular weight excluding hydrogens is 292 g/mol. The first-order valence-corrected chi connectivity index (χ1v) is 8.27. The minimum atomic E-state index is -0.199. The van der Waals surface area contributed by atoms with Gasteiger partial charge in [0.05, 0.1) is 7.11 Å². The molecule has 0 atom stereocenters. The Morgan fingerprint density at radius 2 is 2.09 bits per heavy atom. The van der Waals surface area contributed by atoms with Crippen LogP contribution in [-0.2, 0) is 16.1 Å². The SMILES string of the molecule is COC(=O)CCCCNC(=O)N(Cc1cccc(C)c1)C1CC1. The van der Waals surface area contributed by atoms with Gasteiger partial charge in [-0.2, -0.15) is 0 Å². The van der Waals surface area contributed by atoms with Gasteiger partial charge < -0.3 is 15.0 Å². The summed E-state index contributed by atoms with van der Waals surface area (Å²) in [5.41, 5.74) is 2.37. The quantitative estimate of drug-likeness (QED) is 0.592. The number of benzene rings is 1. The van der Waals surface area contributed by atoms with Crippen molar-refractivity contribution in [3.63, 3.8) is 0 Å². The van der Waals surface area contributed by atoms with E-state index in [9.17, 15) is 9.59 Å². The van der Waals surface area contributed by atoms with Crippen molar-refractivity contribution in [1.82, 2.24) is 10.2 Å². The third-order valence-electron chi connectivity index (χ3n) is 4.00. The van der Waals surface area contributed by atoms with Crippen molar-refractivity contribution < 1.29 is 14.3 Å². The lowest BCUT2D eigenvalue weighted by atomic mass is 10.1. The van der Waals surface area contributed by atoms with Crippen LogP contribution >= 0.6 is 0 Å². The van der Waals surface area contributed by atoms with E-state index in [0.29, 0.717) is 25.6 Å². The third-order valence-corrected chi connectivity index (χ3v) is 4.00. The lowest BCUT2D eigenvalue weighted by Crippen LogP contribution is -2.41. The summed E-state index contributed by atoms with van der Waals surface area (Å²) in [4.78, 5) is 25.3. The molecule has 1 aromatic rings. The second-order valence-corrected chi connectivity index (χ2v) is 6.11. The summed E-state index contributed by atoms with van der Waals surface area (Å²) in [6, 6.07) is 8.63. The summed E-state index contributed by atoms with van der Waals surface area (Å²) in [5.74, 6) is -0.199. The van der Waals surface area contributed by atoms with E-state index >= 15 is 0 Å². The van der Waals surface area contributed by atoms with Crippen molar-refractivity contribution in [2.24, 2.45) is 0 Å². The molecule has 0 heterocycles. The number of hydrogen-bond donors (Lipinski definition) is 1. The molecule has 126 valence electrons. The van der Waals surface area contributed by atoms with Gasteiger partial charge in [0.1, 0.15) is 0 Å². The molecular formula is C18H26N2O3. The Balaban J connectivity index is 1.77. The Bertz CT molecular complexity index is 541. The Morgan fingerprint density at radius 3 is 2.74 bits per heavy atom. The van der Waals surface area contributed by atoms with Gasteiger partial charge >= 0.3 is 12.0 Å². The van der Waals surface area contributed by atoms with Gasteiger partial charge in [0.25, 0.3) is 0 Å². The molecule has 0 spiro atoms. The van der Waals surface area contributed by atoms with Crippen LogP contribution in [0.5, 0.6) is 0 Å². The Hall–Kier alpha value is -2.04. The van der Waals surface area contributed by atoms with Crippen LogP contribution in [-0.4, -0.2) is 36.6 Å². The lowest BCUT2D eigenvalue weighted by Gasteiger charge is -2.23. The number of methoxy groups -OCH3 is 1. The number of aryl methyl sites for hydroxylation is 1. The fourth-order valence-corrected chi connectivity index (χ4v) is 2.55. The number of unbranched alkanes of at least 4 members (excludes halogenated alkanes) is 1. The van der Waals surface area contributed by atoms with Crippen molar-refractivity contribution in [3.8, 4) is 0 Å². The van der Waals surface area contributed by atoms with Crippen LogP contribution < -0.4 is 5.32 Å². The average molecular weight is 318 g/mol. The summed E-state index contributed by atoms with van der Waals surface area (Å²) < 4.78 is 4.60. The first-order valence-electron chi connectivity index (χ1n) is 8.27. The van der Waals surface area contributed by atoms with Gasteiger partial charge in [-0.1, -0.05) is 29.8 Å². The Kier molecular flexibility index (Phi) is 6.44. The molecule has 5 nitrogen and oxygen atoms in total. The zero-order chi connectivity index (χ0) is 16.7. The maximum atomic E-state index is 12.4. The van der Waals surface area contributed by atoms with Gasteiger partial charge in [0.15, 0.2) is 0 Å². The van der Waals surface area contributed by atoms with E-state index < -0.39 is 0 Å². The van der Waals surface area contributed by atoms with Crippen LogP contribution in [0.3, 0.4) is 0 Å². The number of rotatable bonds is 8. The molecule has 23 heavy (non-hydrogen) atoms. The zero-order valence-corrected chi connectivity index (χ0v) is 14.0. The summed E-state index contributed by atoms with van der Waals surface area (Å²) in [6.45, 7) is 3.31. The average Bonchev–Trinajstić information content (AvgIpc) is 3.36. The number of nitrogens with zero attached hydrogens (tertiary/aromatic N) is 1. The highest BCUT2D eigenvalue weighted by Crippen LogP contribution is 2.28. The lowest BCUT2D eigenvalue weighted by molar-refractivity contribution is -0.140. The molecule has 1 aliphatic carbocycles. The highest BCUT2D eigenvalue weighted by molar-refractivity contribution is 5.75. The smallest absolute Gasteiger partial charge is 0.317 e. The Labute approximate surface area is 138 Å². The summed E-state index contributed by atoms with van der Waals surface area (Å²) in [7, 11) is 1.39. The predicted octanol–water partition coefficient (Wildman–Crippen LogP) is 3.01. The third kappa shape index (κ3) is 5.93. The number of ether oxygens (including phenoxy) is 1. The molecule has 1 fully saturated rings. The molecule has 5 heteroatoms. The monoisotopic (exact) mass is 318 g/mol. The predicted molar refractivity (Wildman–Crippen MR) is 89.0 cm³/mol. The number of amides is 2. The van der Waals surface area contributed by atoms with E-state index in [1.807, 2.05) is 11.0 Å². The van der Waals surface area contributed by atoms with Gasteiger partial charge in [-0.15, -0.1) is 0 Å². The van der Waals surface area contributed by atoms with Crippen LogP contribution in [0, 0.1) is 6.92 Å². The molecule has 1 aliphatic rings. The molecule has 1 N–H and O–H groups in total. The maximum Gasteiger partial charge on any atom is 0.317 e.